The van der Waals surface area contributed by atoms with Gasteiger partial charge in [0.25, 0.3) is 0 Å². The minimum absolute atomic E-state index is 0.0567. The first-order valence-electron chi connectivity index (χ1n) is 4.76. The molecular weight excluding hydrogens is 182 g/mol. The Hall–Kier alpha value is -0.380. The van der Waals surface area contributed by atoms with Crippen LogP contribution in [0.1, 0.15) is 18.4 Å². The van der Waals surface area contributed by atoms with Crippen LogP contribution in [0.5, 0.6) is 0 Å². The average Bonchev–Trinajstić information content (AvgIpc) is 2.62. The second-order valence-electron chi connectivity index (χ2n) is 3.64. The van der Waals surface area contributed by atoms with E-state index in [0.717, 1.165) is 32.5 Å². The number of likely N-dealkylation sites (tertiary alicyclic amines) is 1. The molecule has 0 spiro atoms. The van der Waals surface area contributed by atoms with Crippen LogP contribution in [0.3, 0.4) is 0 Å². The number of aliphatic hydroxyl groups excluding tert-OH is 1. The second-order valence-corrected chi connectivity index (χ2v) is 4.42. The lowest BCUT2D eigenvalue weighted by Crippen LogP contribution is -2.35. The van der Waals surface area contributed by atoms with Gasteiger partial charge in [-0.25, -0.2) is 0 Å². The van der Waals surface area contributed by atoms with E-state index in [0.29, 0.717) is 0 Å². The monoisotopic (exact) mass is 197 g/mol. The molecule has 72 valence electrons. The van der Waals surface area contributed by atoms with Gasteiger partial charge in [-0.05, 0) is 35.2 Å². The molecule has 0 bridgehead atoms. The van der Waals surface area contributed by atoms with Crippen molar-refractivity contribution in [1.29, 1.82) is 0 Å². The number of rotatable bonds is 2. The molecule has 0 atom stereocenters. The van der Waals surface area contributed by atoms with Crippen LogP contribution in [-0.4, -0.2) is 29.2 Å². The average molecular weight is 197 g/mol. The first-order chi connectivity index (χ1) is 6.34. The maximum atomic E-state index is 9.33. The normalized spacial score (nSPS) is 20.7. The van der Waals surface area contributed by atoms with E-state index < -0.39 is 0 Å². The maximum absolute atomic E-state index is 9.33. The van der Waals surface area contributed by atoms with Crippen LogP contribution >= 0.6 is 11.3 Å². The van der Waals surface area contributed by atoms with Gasteiger partial charge in [-0.3, -0.25) is 4.90 Å². The van der Waals surface area contributed by atoms with Crippen molar-refractivity contribution in [3.63, 3.8) is 0 Å². The summed E-state index contributed by atoms with van der Waals surface area (Å²) in [6.07, 6.45) is 1.81. The van der Waals surface area contributed by atoms with Crippen molar-refractivity contribution in [3.05, 3.63) is 22.4 Å². The second kappa shape index (κ2) is 4.22. The summed E-state index contributed by atoms with van der Waals surface area (Å²) in [5.41, 5.74) is 1.40. The van der Waals surface area contributed by atoms with E-state index in [1.807, 2.05) is 0 Å². The first-order valence-corrected chi connectivity index (χ1v) is 5.70. The summed E-state index contributed by atoms with van der Waals surface area (Å²) in [6, 6.07) is 2.18. The topological polar surface area (TPSA) is 23.5 Å². The predicted octanol–water partition coefficient (Wildman–Crippen LogP) is 1.70. The van der Waals surface area contributed by atoms with E-state index in [1.165, 1.54) is 5.56 Å². The number of hydrogen-bond acceptors (Lipinski definition) is 3. The van der Waals surface area contributed by atoms with Crippen LogP contribution in [-0.2, 0) is 6.54 Å². The molecule has 0 unspecified atom stereocenters. The molecule has 1 fully saturated rings. The Labute approximate surface area is 82.8 Å². The third-order valence-electron chi connectivity index (χ3n) is 2.54. The van der Waals surface area contributed by atoms with Crippen molar-refractivity contribution in [2.75, 3.05) is 13.1 Å². The molecule has 1 aliphatic heterocycles. The Morgan fingerprint density at radius 3 is 2.85 bits per heavy atom. The Kier molecular flexibility index (Phi) is 2.98. The Morgan fingerprint density at radius 1 is 1.46 bits per heavy atom. The van der Waals surface area contributed by atoms with E-state index in [-0.39, 0.29) is 6.10 Å². The van der Waals surface area contributed by atoms with Crippen molar-refractivity contribution in [3.8, 4) is 0 Å². The molecule has 3 heteroatoms. The summed E-state index contributed by atoms with van der Waals surface area (Å²) < 4.78 is 0. The molecular formula is C10H15NOS. The highest BCUT2D eigenvalue weighted by Crippen LogP contribution is 2.14. The molecule has 0 aromatic carbocycles. The quantitative estimate of drug-likeness (QED) is 0.780. The van der Waals surface area contributed by atoms with Gasteiger partial charge < -0.3 is 5.11 Å². The molecule has 2 rings (SSSR count). The maximum Gasteiger partial charge on any atom is 0.0564 e. The van der Waals surface area contributed by atoms with Gasteiger partial charge in [0.15, 0.2) is 0 Å². The zero-order valence-corrected chi connectivity index (χ0v) is 8.46. The fraction of sp³-hybridized carbons (Fsp3) is 0.600. The van der Waals surface area contributed by atoms with Crippen molar-refractivity contribution < 1.29 is 5.11 Å². The highest BCUT2D eigenvalue weighted by Gasteiger charge is 2.16. The molecule has 1 aliphatic rings. The van der Waals surface area contributed by atoms with Crippen molar-refractivity contribution >= 4 is 11.3 Å². The van der Waals surface area contributed by atoms with Gasteiger partial charge in [0.1, 0.15) is 0 Å². The molecule has 1 saturated heterocycles. The van der Waals surface area contributed by atoms with E-state index in [1.54, 1.807) is 11.3 Å². The molecule has 0 saturated carbocycles. The van der Waals surface area contributed by atoms with Crippen molar-refractivity contribution in [2.24, 2.45) is 0 Å². The molecule has 0 aliphatic carbocycles. The third-order valence-corrected chi connectivity index (χ3v) is 3.28. The van der Waals surface area contributed by atoms with Gasteiger partial charge in [-0.2, -0.15) is 11.3 Å². The first kappa shape index (κ1) is 9.19. The van der Waals surface area contributed by atoms with Crippen LogP contribution in [0.4, 0.5) is 0 Å². The molecule has 13 heavy (non-hydrogen) atoms. The molecule has 2 heterocycles. The SMILES string of the molecule is OC1CCN(Cc2ccsc2)CC1. The smallest absolute Gasteiger partial charge is 0.0564 e. The fourth-order valence-corrected chi connectivity index (χ4v) is 2.38. The lowest BCUT2D eigenvalue weighted by Gasteiger charge is -2.29. The molecule has 0 amide bonds. The van der Waals surface area contributed by atoms with E-state index in [4.69, 9.17) is 0 Å². The highest BCUT2D eigenvalue weighted by molar-refractivity contribution is 7.07. The van der Waals surface area contributed by atoms with Gasteiger partial charge in [0.2, 0.25) is 0 Å². The zero-order chi connectivity index (χ0) is 9.10. The molecule has 1 aromatic rings. The summed E-state index contributed by atoms with van der Waals surface area (Å²) in [7, 11) is 0. The van der Waals surface area contributed by atoms with Crippen LogP contribution in [0, 0.1) is 0 Å². The fourth-order valence-electron chi connectivity index (χ4n) is 1.72. The number of piperidine rings is 1. The van der Waals surface area contributed by atoms with Gasteiger partial charge in [0, 0.05) is 19.6 Å². The minimum Gasteiger partial charge on any atom is -0.393 e. The van der Waals surface area contributed by atoms with Crippen molar-refractivity contribution in [1.82, 2.24) is 4.90 Å². The van der Waals surface area contributed by atoms with Crippen LogP contribution in [0.2, 0.25) is 0 Å². The minimum atomic E-state index is -0.0567. The van der Waals surface area contributed by atoms with Crippen LogP contribution in [0.25, 0.3) is 0 Å². The van der Waals surface area contributed by atoms with E-state index >= 15 is 0 Å². The van der Waals surface area contributed by atoms with Gasteiger partial charge >= 0.3 is 0 Å². The number of nitrogens with zero attached hydrogens (tertiary/aromatic N) is 1. The standard InChI is InChI=1S/C10H15NOS/c12-10-1-4-11(5-2-10)7-9-3-6-13-8-9/h3,6,8,10,12H,1-2,4-5,7H2. The Bertz CT molecular complexity index is 239. The lowest BCUT2D eigenvalue weighted by molar-refractivity contribution is 0.0793. The molecule has 2 nitrogen and oxygen atoms in total. The van der Waals surface area contributed by atoms with Gasteiger partial charge in [-0.1, -0.05) is 0 Å². The summed E-state index contributed by atoms with van der Waals surface area (Å²) in [5, 5.41) is 13.6. The lowest BCUT2D eigenvalue weighted by atomic mass is 10.1. The third kappa shape index (κ3) is 2.53. The number of aliphatic hydroxyl groups is 1. The van der Waals surface area contributed by atoms with Crippen LogP contribution < -0.4 is 0 Å². The number of hydrogen-bond donors (Lipinski definition) is 1. The predicted molar refractivity (Wildman–Crippen MR) is 54.8 cm³/mol. The van der Waals surface area contributed by atoms with E-state index in [9.17, 15) is 5.11 Å². The Morgan fingerprint density at radius 2 is 2.23 bits per heavy atom. The van der Waals surface area contributed by atoms with Gasteiger partial charge in [0.05, 0.1) is 6.10 Å². The van der Waals surface area contributed by atoms with Gasteiger partial charge in [-0.15, -0.1) is 0 Å². The summed E-state index contributed by atoms with van der Waals surface area (Å²) in [5.74, 6) is 0. The zero-order valence-electron chi connectivity index (χ0n) is 7.65. The molecule has 1 aromatic heterocycles. The Balaban J connectivity index is 1.83. The highest BCUT2D eigenvalue weighted by atomic mass is 32.1. The number of thiophene rings is 1. The molecule has 1 N–H and O–H groups in total. The van der Waals surface area contributed by atoms with E-state index in [2.05, 4.69) is 21.7 Å². The van der Waals surface area contributed by atoms with Crippen LogP contribution in [0.15, 0.2) is 16.8 Å². The molecule has 0 radical (unpaired) electrons. The summed E-state index contributed by atoms with van der Waals surface area (Å²) in [6.45, 7) is 3.13. The van der Waals surface area contributed by atoms with Crippen molar-refractivity contribution in [2.45, 2.75) is 25.5 Å². The largest absolute Gasteiger partial charge is 0.393 e. The summed E-state index contributed by atoms with van der Waals surface area (Å²) >= 11 is 1.75. The summed E-state index contributed by atoms with van der Waals surface area (Å²) in [4.78, 5) is 2.41.